The summed E-state index contributed by atoms with van der Waals surface area (Å²) < 4.78 is 5.08. The molecule has 110 valence electrons. The standard InChI is InChI=1S/C13H14N4O3S/c1-7(11(18)15-13-17-16-8(2)21-13)20-12(19)9-4-3-5-10(14)6-9/h3-7H,14H2,1-2H3,(H,15,17,18). The first-order valence-corrected chi connectivity index (χ1v) is 6.95. The van der Waals surface area contributed by atoms with Crippen LogP contribution in [0.25, 0.3) is 0 Å². The van der Waals surface area contributed by atoms with Gasteiger partial charge in [-0.3, -0.25) is 10.1 Å². The van der Waals surface area contributed by atoms with Crippen LogP contribution in [-0.2, 0) is 9.53 Å². The lowest BCUT2D eigenvalue weighted by Crippen LogP contribution is -2.30. The number of carbonyl (C=O) groups excluding carboxylic acids is 2. The van der Waals surface area contributed by atoms with Crippen LogP contribution in [0.3, 0.4) is 0 Å². The zero-order chi connectivity index (χ0) is 15.4. The first kappa shape index (κ1) is 14.9. The number of hydrogen-bond acceptors (Lipinski definition) is 7. The summed E-state index contributed by atoms with van der Waals surface area (Å²) in [5.41, 5.74) is 6.33. The molecule has 1 amide bonds. The van der Waals surface area contributed by atoms with Gasteiger partial charge in [-0.15, -0.1) is 10.2 Å². The number of amides is 1. The van der Waals surface area contributed by atoms with Gasteiger partial charge in [0.05, 0.1) is 5.56 Å². The van der Waals surface area contributed by atoms with Crippen LogP contribution in [0.15, 0.2) is 24.3 Å². The Hall–Kier alpha value is -2.48. The third-order valence-electron chi connectivity index (χ3n) is 2.53. The topological polar surface area (TPSA) is 107 Å². The Bertz CT molecular complexity index is 671. The number of anilines is 2. The summed E-state index contributed by atoms with van der Waals surface area (Å²) in [5.74, 6) is -1.08. The minimum Gasteiger partial charge on any atom is -0.449 e. The molecule has 0 radical (unpaired) electrons. The summed E-state index contributed by atoms with van der Waals surface area (Å²) in [6, 6.07) is 6.35. The fourth-order valence-electron chi connectivity index (χ4n) is 1.50. The minimum absolute atomic E-state index is 0.293. The van der Waals surface area contributed by atoms with E-state index in [2.05, 4.69) is 15.5 Å². The molecule has 3 N–H and O–H groups in total. The van der Waals surface area contributed by atoms with Crippen LogP contribution >= 0.6 is 11.3 Å². The maximum absolute atomic E-state index is 11.9. The van der Waals surface area contributed by atoms with Gasteiger partial charge in [0.1, 0.15) is 5.01 Å². The van der Waals surface area contributed by atoms with E-state index in [1.54, 1.807) is 25.1 Å². The Morgan fingerprint density at radius 1 is 1.38 bits per heavy atom. The number of aryl methyl sites for hydroxylation is 1. The van der Waals surface area contributed by atoms with Gasteiger partial charge in [-0.05, 0) is 32.0 Å². The van der Waals surface area contributed by atoms with E-state index in [1.165, 1.54) is 24.3 Å². The highest BCUT2D eigenvalue weighted by Gasteiger charge is 2.20. The fraction of sp³-hybridized carbons (Fsp3) is 0.231. The molecule has 0 saturated carbocycles. The van der Waals surface area contributed by atoms with Crippen LogP contribution in [0.2, 0.25) is 0 Å². The molecule has 7 nitrogen and oxygen atoms in total. The summed E-state index contributed by atoms with van der Waals surface area (Å²) in [5, 5.41) is 11.2. The summed E-state index contributed by atoms with van der Waals surface area (Å²) in [4.78, 5) is 23.8. The highest BCUT2D eigenvalue weighted by molar-refractivity contribution is 7.15. The lowest BCUT2D eigenvalue weighted by molar-refractivity contribution is -0.123. The molecular formula is C13H14N4O3S. The van der Waals surface area contributed by atoms with Crippen molar-refractivity contribution >= 4 is 34.0 Å². The quantitative estimate of drug-likeness (QED) is 0.656. The van der Waals surface area contributed by atoms with Crippen LogP contribution in [0.5, 0.6) is 0 Å². The van der Waals surface area contributed by atoms with Gasteiger partial charge in [0.2, 0.25) is 5.13 Å². The van der Waals surface area contributed by atoms with E-state index < -0.39 is 18.0 Å². The molecule has 1 heterocycles. The van der Waals surface area contributed by atoms with E-state index in [9.17, 15) is 9.59 Å². The zero-order valence-electron chi connectivity index (χ0n) is 11.5. The number of nitrogens with two attached hydrogens (primary N) is 1. The number of ether oxygens (including phenoxy) is 1. The van der Waals surface area contributed by atoms with Crippen molar-refractivity contribution in [2.24, 2.45) is 0 Å². The Morgan fingerprint density at radius 3 is 2.76 bits per heavy atom. The van der Waals surface area contributed by atoms with Crippen LogP contribution in [0.1, 0.15) is 22.3 Å². The monoisotopic (exact) mass is 306 g/mol. The fourth-order valence-corrected chi connectivity index (χ4v) is 2.10. The van der Waals surface area contributed by atoms with Crippen molar-refractivity contribution in [2.45, 2.75) is 20.0 Å². The number of carbonyl (C=O) groups is 2. The van der Waals surface area contributed by atoms with Gasteiger partial charge < -0.3 is 10.5 Å². The van der Waals surface area contributed by atoms with E-state index in [0.717, 1.165) is 5.01 Å². The van der Waals surface area contributed by atoms with Gasteiger partial charge in [0.15, 0.2) is 6.10 Å². The second-order valence-corrected chi connectivity index (χ2v) is 5.47. The number of hydrogen-bond donors (Lipinski definition) is 2. The number of nitrogens with one attached hydrogen (secondary N) is 1. The van der Waals surface area contributed by atoms with Crippen molar-refractivity contribution in [1.29, 1.82) is 0 Å². The summed E-state index contributed by atoms with van der Waals surface area (Å²) in [7, 11) is 0. The predicted molar refractivity (Wildman–Crippen MR) is 79.0 cm³/mol. The summed E-state index contributed by atoms with van der Waals surface area (Å²) in [6.07, 6.45) is -0.955. The van der Waals surface area contributed by atoms with E-state index in [1.807, 2.05) is 0 Å². The van der Waals surface area contributed by atoms with Crippen molar-refractivity contribution < 1.29 is 14.3 Å². The van der Waals surface area contributed by atoms with E-state index in [-0.39, 0.29) is 0 Å². The van der Waals surface area contributed by atoms with E-state index in [0.29, 0.717) is 16.4 Å². The molecule has 2 rings (SSSR count). The molecule has 0 aliphatic carbocycles. The number of nitrogens with zero attached hydrogens (tertiary/aromatic N) is 2. The van der Waals surface area contributed by atoms with Crippen LogP contribution < -0.4 is 11.1 Å². The molecule has 0 spiro atoms. The van der Waals surface area contributed by atoms with Crippen molar-refractivity contribution in [1.82, 2.24) is 10.2 Å². The largest absolute Gasteiger partial charge is 0.449 e. The molecule has 0 saturated heterocycles. The van der Waals surface area contributed by atoms with E-state index >= 15 is 0 Å². The normalized spacial score (nSPS) is 11.7. The molecule has 0 aliphatic rings. The number of benzene rings is 1. The van der Waals surface area contributed by atoms with Crippen molar-refractivity contribution in [3.05, 3.63) is 34.8 Å². The molecule has 8 heteroatoms. The number of nitrogen functional groups attached to an aromatic ring is 1. The number of esters is 1. The molecule has 0 bridgehead atoms. The molecule has 2 aromatic rings. The van der Waals surface area contributed by atoms with Gasteiger partial charge in [-0.25, -0.2) is 4.79 Å². The highest BCUT2D eigenvalue weighted by Crippen LogP contribution is 2.15. The average molecular weight is 306 g/mol. The molecule has 1 aromatic heterocycles. The van der Waals surface area contributed by atoms with E-state index in [4.69, 9.17) is 10.5 Å². The van der Waals surface area contributed by atoms with Gasteiger partial charge in [0, 0.05) is 5.69 Å². The maximum Gasteiger partial charge on any atom is 0.338 e. The third kappa shape index (κ3) is 3.99. The Balaban J connectivity index is 1.95. The molecule has 1 unspecified atom stereocenters. The minimum atomic E-state index is -0.955. The van der Waals surface area contributed by atoms with Crippen molar-refractivity contribution in [3.8, 4) is 0 Å². The number of rotatable bonds is 4. The second kappa shape index (κ2) is 6.31. The Kier molecular flexibility index (Phi) is 4.49. The third-order valence-corrected chi connectivity index (χ3v) is 3.29. The number of aromatic nitrogens is 2. The van der Waals surface area contributed by atoms with Crippen molar-refractivity contribution in [2.75, 3.05) is 11.1 Å². The predicted octanol–water partition coefficient (Wildman–Crippen LogP) is 1.61. The first-order chi connectivity index (χ1) is 9.95. The molecule has 21 heavy (non-hydrogen) atoms. The van der Waals surface area contributed by atoms with Crippen LogP contribution in [0.4, 0.5) is 10.8 Å². The Labute approximate surface area is 125 Å². The molecule has 0 fully saturated rings. The highest BCUT2D eigenvalue weighted by atomic mass is 32.1. The van der Waals surface area contributed by atoms with Crippen LogP contribution in [0, 0.1) is 6.92 Å². The molecule has 0 aliphatic heterocycles. The second-order valence-electron chi connectivity index (χ2n) is 4.29. The molecule has 1 aromatic carbocycles. The maximum atomic E-state index is 11.9. The molecular weight excluding hydrogens is 292 g/mol. The average Bonchev–Trinajstić information content (AvgIpc) is 2.84. The molecule has 1 atom stereocenters. The van der Waals surface area contributed by atoms with Gasteiger partial charge in [-0.1, -0.05) is 17.4 Å². The summed E-state index contributed by atoms with van der Waals surface area (Å²) in [6.45, 7) is 3.25. The van der Waals surface area contributed by atoms with Crippen molar-refractivity contribution in [3.63, 3.8) is 0 Å². The SMILES string of the molecule is Cc1nnc(NC(=O)C(C)OC(=O)c2cccc(N)c2)s1. The van der Waals surface area contributed by atoms with Crippen LogP contribution in [-0.4, -0.2) is 28.2 Å². The Morgan fingerprint density at radius 2 is 2.14 bits per heavy atom. The van der Waals surface area contributed by atoms with Gasteiger partial charge in [0.25, 0.3) is 5.91 Å². The zero-order valence-corrected chi connectivity index (χ0v) is 12.3. The smallest absolute Gasteiger partial charge is 0.338 e. The van der Waals surface area contributed by atoms with Gasteiger partial charge >= 0.3 is 5.97 Å². The lowest BCUT2D eigenvalue weighted by atomic mass is 10.2. The summed E-state index contributed by atoms with van der Waals surface area (Å²) >= 11 is 1.24. The van der Waals surface area contributed by atoms with Gasteiger partial charge in [-0.2, -0.15) is 0 Å². The first-order valence-electron chi connectivity index (χ1n) is 6.13. The lowest BCUT2D eigenvalue weighted by Gasteiger charge is -2.12.